The van der Waals surface area contributed by atoms with E-state index in [0.717, 1.165) is 27.4 Å². The van der Waals surface area contributed by atoms with E-state index in [0.29, 0.717) is 5.56 Å². The topological polar surface area (TPSA) is 33.2 Å². The molecule has 96 valence electrons. The predicted molar refractivity (Wildman–Crippen MR) is 80.8 cm³/mol. The number of hydrogen-bond donors (Lipinski definition) is 0. The third-order valence-electron chi connectivity index (χ3n) is 2.98. The first kappa shape index (κ1) is 12.7. The number of pyridine rings is 1. The fourth-order valence-electron chi connectivity index (χ4n) is 2.07. The predicted octanol–water partition coefficient (Wildman–Crippen LogP) is 3.60. The number of rotatable bonds is 1. The normalized spacial score (nSPS) is 14.1. The van der Waals surface area contributed by atoms with Gasteiger partial charge < -0.3 is 4.90 Å². The molecule has 3 nitrogen and oxygen atoms in total. The number of nitrogens with zero attached hydrogens (tertiary/aromatic N) is 2. The SMILES string of the molecule is O=C(c1ccncc1Br)N1CCSc2ccccc21. The number of para-hydroxylation sites is 1. The van der Waals surface area contributed by atoms with Crippen molar-refractivity contribution in [1.82, 2.24) is 4.98 Å². The molecule has 0 saturated carbocycles. The Kier molecular flexibility index (Phi) is 3.57. The third-order valence-corrected chi connectivity index (χ3v) is 4.65. The quantitative estimate of drug-likeness (QED) is 0.798. The summed E-state index contributed by atoms with van der Waals surface area (Å²) in [6, 6.07) is 9.76. The number of anilines is 1. The van der Waals surface area contributed by atoms with Crippen LogP contribution in [0.2, 0.25) is 0 Å². The van der Waals surface area contributed by atoms with Gasteiger partial charge in [-0.05, 0) is 34.1 Å². The van der Waals surface area contributed by atoms with Gasteiger partial charge in [-0.3, -0.25) is 9.78 Å². The zero-order chi connectivity index (χ0) is 13.2. The Morgan fingerprint density at radius 2 is 2.16 bits per heavy atom. The Labute approximate surface area is 124 Å². The minimum atomic E-state index is 0.0158. The first-order valence-electron chi connectivity index (χ1n) is 5.90. The molecule has 0 N–H and O–H groups in total. The lowest BCUT2D eigenvalue weighted by Crippen LogP contribution is -2.35. The van der Waals surface area contributed by atoms with Crippen molar-refractivity contribution in [2.24, 2.45) is 0 Å². The van der Waals surface area contributed by atoms with Crippen molar-refractivity contribution in [2.45, 2.75) is 4.90 Å². The fourth-order valence-corrected chi connectivity index (χ4v) is 3.49. The minimum Gasteiger partial charge on any atom is -0.306 e. The van der Waals surface area contributed by atoms with Crippen LogP contribution < -0.4 is 4.90 Å². The van der Waals surface area contributed by atoms with Crippen molar-refractivity contribution in [3.8, 4) is 0 Å². The van der Waals surface area contributed by atoms with Crippen LogP contribution in [0.4, 0.5) is 5.69 Å². The van der Waals surface area contributed by atoms with Crippen LogP contribution in [-0.2, 0) is 0 Å². The van der Waals surface area contributed by atoms with Crippen LogP contribution in [-0.4, -0.2) is 23.2 Å². The number of carbonyl (C=O) groups is 1. The van der Waals surface area contributed by atoms with Crippen molar-refractivity contribution in [3.05, 3.63) is 52.8 Å². The van der Waals surface area contributed by atoms with Crippen LogP contribution in [0.15, 0.2) is 52.1 Å². The first-order chi connectivity index (χ1) is 9.27. The maximum atomic E-state index is 12.6. The molecule has 1 amide bonds. The molecule has 0 unspecified atom stereocenters. The molecule has 0 bridgehead atoms. The highest BCUT2D eigenvalue weighted by atomic mass is 79.9. The van der Waals surface area contributed by atoms with E-state index < -0.39 is 0 Å². The van der Waals surface area contributed by atoms with E-state index >= 15 is 0 Å². The monoisotopic (exact) mass is 334 g/mol. The number of aromatic nitrogens is 1. The number of thioether (sulfide) groups is 1. The second-order valence-electron chi connectivity index (χ2n) is 4.13. The van der Waals surface area contributed by atoms with Gasteiger partial charge in [0.2, 0.25) is 0 Å². The summed E-state index contributed by atoms with van der Waals surface area (Å²) in [6.07, 6.45) is 3.29. The molecule has 5 heteroatoms. The van der Waals surface area contributed by atoms with Gasteiger partial charge in [0, 0.05) is 34.1 Å². The first-order valence-corrected chi connectivity index (χ1v) is 7.68. The highest BCUT2D eigenvalue weighted by Crippen LogP contribution is 2.35. The van der Waals surface area contributed by atoms with Crippen LogP contribution in [0.25, 0.3) is 0 Å². The molecule has 0 radical (unpaired) electrons. The summed E-state index contributed by atoms with van der Waals surface area (Å²) in [6.45, 7) is 0.731. The molecule has 19 heavy (non-hydrogen) atoms. The molecule has 0 spiro atoms. The highest BCUT2D eigenvalue weighted by Gasteiger charge is 2.24. The molecule has 1 aromatic heterocycles. The van der Waals surface area contributed by atoms with Crippen molar-refractivity contribution in [3.63, 3.8) is 0 Å². The molecule has 1 aromatic carbocycles. The van der Waals surface area contributed by atoms with Crippen molar-refractivity contribution >= 4 is 39.3 Å². The van der Waals surface area contributed by atoms with E-state index in [-0.39, 0.29) is 5.91 Å². The molecular weight excluding hydrogens is 324 g/mol. The minimum absolute atomic E-state index is 0.0158. The third kappa shape index (κ3) is 2.40. The van der Waals surface area contributed by atoms with E-state index in [1.165, 1.54) is 0 Å². The van der Waals surface area contributed by atoms with Gasteiger partial charge in [-0.25, -0.2) is 0 Å². The fraction of sp³-hybridized carbons (Fsp3) is 0.143. The van der Waals surface area contributed by atoms with E-state index in [1.807, 2.05) is 23.1 Å². The van der Waals surface area contributed by atoms with Crippen LogP contribution in [0.5, 0.6) is 0 Å². The number of carbonyl (C=O) groups excluding carboxylic acids is 1. The van der Waals surface area contributed by atoms with Crippen LogP contribution >= 0.6 is 27.7 Å². The Morgan fingerprint density at radius 3 is 3.00 bits per heavy atom. The maximum absolute atomic E-state index is 12.6. The maximum Gasteiger partial charge on any atom is 0.259 e. The number of halogens is 1. The number of benzene rings is 1. The molecule has 0 saturated heterocycles. The number of amides is 1. The van der Waals surface area contributed by atoms with Gasteiger partial charge in [0.1, 0.15) is 0 Å². The van der Waals surface area contributed by atoms with Gasteiger partial charge in [0.25, 0.3) is 5.91 Å². The lowest BCUT2D eigenvalue weighted by atomic mass is 10.2. The Balaban J connectivity index is 2.00. The van der Waals surface area contributed by atoms with Crippen molar-refractivity contribution in [2.75, 3.05) is 17.2 Å². The lowest BCUT2D eigenvalue weighted by Gasteiger charge is -2.29. The number of fused-ring (bicyclic) bond motifs is 1. The van der Waals surface area contributed by atoms with E-state index in [4.69, 9.17) is 0 Å². The second kappa shape index (κ2) is 5.35. The average molecular weight is 335 g/mol. The van der Waals surface area contributed by atoms with E-state index in [2.05, 4.69) is 27.0 Å². The smallest absolute Gasteiger partial charge is 0.259 e. The summed E-state index contributed by atoms with van der Waals surface area (Å²) in [4.78, 5) is 19.6. The summed E-state index contributed by atoms with van der Waals surface area (Å²) < 4.78 is 0.732. The van der Waals surface area contributed by atoms with Gasteiger partial charge in [-0.15, -0.1) is 11.8 Å². The summed E-state index contributed by atoms with van der Waals surface area (Å²) in [7, 11) is 0. The zero-order valence-corrected chi connectivity index (χ0v) is 12.4. The van der Waals surface area contributed by atoms with Crippen LogP contribution in [0.3, 0.4) is 0 Å². The van der Waals surface area contributed by atoms with Crippen molar-refractivity contribution < 1.29 is 4.79 Å². The standard InChI is InChI=1S/C14H11BrN2OS/c15-11-9-16-6-5-10(11)14(18)17-7-8-19-13-4-2-1-3-12(13)17/h1-6,9H,7-8H2. The zero-order valence-electron chi connectivity index (χ0n) is 10.0. The summed E-state index contributed by atoms with van der Waals surface area (Å²) in [5.41, 5.74) is 1.64. The van der Waals surface area contributed by atoms with Gasteiger partial charge in [0.15, 0.2) is 0 Å². The molecule has 0 fully saturated rings. The largest absolute Gasteiger partial charge is 0.306 e. The Bertz CT molecular complexity index is 632. The summed E-state index contributed by atoms with van der Waals surface area (Å²) >= 11 is 5.18. The number of hydrogen-bond acceptors (Lipinski definition) is 3. The molecule has 0 atom stereocenters. The van der Waals surface area contributed by atoms with Crippen LogP contribution in [0.1, 0.15) is 10.4 Å². The molecular formula is C14H11BrN2OS. The van der Waals surface area contributed by atoms with Gasteiger partial charge in [-0.2, -0.15) is 0 Å². The van der Waals surface area contributed by atoms with Gasteiger partial charge >= 0.3 is 0 Å². The van der Waals surface area contributed by atoms with Crippen LogP contribution in [0, 0.1) is 0 Å². The van der Waals surface area contributed by atoms with Gasteiger partial charge in [0.05, 0.1) is 11.3 Å². The second-order valence-corrected chi connectivity index (χ2v) is 6.12. The van der Waals surface area contributed by atoms with E-state index in [1.54, 1.807) is 30.2 Å². The summed E-state index contributed by atoms with van der Waals surface area (Å²) in [5.74, 6) is 0.938. The molecule has 2 heterocycles. The van der Waals surface area contributed by atoms with Gasteiger partial charge in [-0.1, -0.05) is 12.1 Å². The van der Waals surface area contributed by atoms with Crippen molar-refractivity contribution in [1.29, 1.82) is 0 Å². The lowest BCUT2D eigenvalue weighted by molar-refractivity contribution is 0.0987. The molecule has 3 rings (SSSR count). The molecule has 0 aliphatic carbocycles. The van der Waals surface area contributed by atoms with E-state index in [9.17, 15) is 4.79 Å². The summed E-state index contributed by atoms with van der Waals surface area (Å²) in [5, 5.41) is 0. The molecule has 1 aliphatic rings. The highest BCUT2D eigenvalue weighted by molar-refractivity contribution is 9.10. The average Bonchev–Trinajstić information content (AvgIpc) is 2.46. The Morgan fingerprint density at radius 1 is 1.32 bits per heavy atom. The molecule has 1 aliphatic heterocycles. The molecule has 2 aromatic rings. The Hall–Kier alpha value is -1.33.